The van der Waals surface area contributed by atoms with E-state index in [9.17, 15) is 0 Å². The molecule has 1 aliphatic rings. The van der Waals surface area contributed by atoms with Gasteiger partial charge in [0.15, 0.2) is 5.96 Å². The van der Waals surface area contributed by atoms with Gasteiger partial charge < -0.3 is 20.1 Å². The van der Waals surface area contributed by atoms with Gasteiger partial charge >= 0.3 is 0 Å². The number of hydrogen-bond acceptors (Lipinski definition) is 4. The lowest BCUT2D eigenvalue weighted by atomic mass is 10.0. The number of nitrogens with zero attached hydrogens (tertiary/aromatic N) is 2. The van der Waals surface area contributed by atoms with Crippen LogP contribution in [0, 0.1) is 0 Å². The Balaban J connectivity index is 1.70. The van der Waals surface area contributed by atoms with Crippen LogP contribution in [0.25, 0.3) is 0 Å². The molecule has 1 saturated heterocycles. The fourth-order valence-electron chi connectivity index (χ4n) is 3.13. The Labute approximate surface area is 158 Å². The standard InChI is InChI=1S/C20H34N4O2/c1-20(2,24-11-13-26-14-12-24)16-23-19(21-3)22-10-6-8-17-7-5-9-18(15-17)25-4/h5,7,9,15H,6,8,10-14,16H2,1-4H3,(H2,21,22,23). The van der Waals surface area contributed by atoms with Crippen molar-refractivity contribution >= 4 is 5.96 Å². The molecule has 2 N–H and O–H groups in total. The lowest BCUT2D eigenvalue weighted by molar-refractivity contribution is -0.00833. The minimum atomic E-state index is 0.0714. The highest BCUT2D eigenvalue weighted by molar-refractivity contribution is 5.79. The van der Waals surface area contributed by atoms with Crippen LogP contribution in [0.3, 0.4) is 0 Å². The van der Waals surface area contributed by atoms with Gasteiger partial charge in [0.1, 0.15) is 5.75 Å². The van der Waals surface area contributed by atoms with Gasteiger partial charge in [-0.05, 0) is 44.4 Å². The topological polar surface area (TPSA) is 58.1 Å². The van der Waals surface area contributed by atoms with Crippen LogP contribution < -0.4 is 15.4 Å². The number of aryl methyl sites for hydroxylation is 1. The first-order valence-electron chi connectivity index (χ1n) is 9.45. The molecule has 0 unspecified atom stereocenters. The summed E-state index contributed by atoms with van der Waals surface area (Å²) < 4.78 is 10.7. The number of nitrogens with one attached hydrogen (secondary N) is 2. The normalized spacial score (nSPS) is 16.4. The van der Waals surface area contributed by atoms with Gasteiger partial charge in [0.25, 0.3) is 0 Å². The molecule has 0 saturated carbocycles. The summed E-state index contributed by atoms with van der Waals surface area (Å²) in [5.74, 6) is 1.77. The zero-order chi connectivity index (χ0) is 18.8. The highest BCUT2D eigenvalue weighted by Crippen LogP contribution is 2.15. The van der Waals surface area contributed by atoms with Crippen LogP contribution in [0.1, 0.15) is 25.8 Å². The number of aliphatic imine (C=N–C) groups is 1. The van der Waals surface area contributed by atoms with Crippen molar-refractivity contribution in [3.63, 3.8) is 0 Å². The van der Waals surface area contributed by atoms with E-state index in [1.54, 1.807) is 7.11 Å². The number of guanidine groups is 1. The first kappa shape index (κ1) is 20.5. The van der Waals surface area contributed by atoms with Gasteiger partial charge in [0.05, 0.1) is 20.3 Å². The van der Waals surface area contributed by atoms with Crippen LogP contribution in [0.15, 0.2) is 29.3 Å². The molecule has 1 heterocycles. The van der Waals surface area contributed by atoms with Crippen LogP contribution in [0.5, 0.6) is 5.75 Å². The highest BCUT2D eigenvalue weighted by Gasteiger charge is 2.28. The summed E-state index contributed by atoms with van der Waals surface area (Å²) in [7, 11) is 3.52. The molecule has 146 valence electrons. The third-order valence-electron chi connectivity index (χ3n) is 4.85. The van der Waals surface area contributed by atoms with Crippen LogP contribution in [0.4, 0.5) is 0 Å². The zero-order valence-electron chi connectivity index (χ0n) is 16.7. The number of morpholine rings is 1. The highest BCUT2D eigenvalue weighted by atomic mass is 16.5. The summed E-state index contributed by atoms with van der Waals surface area (Å²) in [6, 6.07) is 8.25. The second-order valence-corrected chi connectivity index (χ2v) is 7.22. The number of benzene rings is 1. The van der Waals surface area contributed by atoms with Crippen molar-refractivity contribution in [2.45, 2.75) is 32.2 Å². The fourth-order valence-corrected chi connectivity index (χ4v) is 3.13. The minimum absolute atomic E-state index is 0.0714. The fraction of sp³-hybridized carbons (Fsp3) is 0.650. The molecule has 0 bridgehead atoms. The average molecular weight is 363 g/mol. The lowest BCUT2D eigenvalue weighted by Gasteiger charge is -2.41. The van der Waals surface area contributed by atoms with Crippen molar-refractivity contribution in [1.29, 1.82) is 0 Å². The molecular formula is C20H34N4O2. The predicted molar refractivity (Wildman–Crippen MR) is 107 cm³/mol. The van der Waals surface area contributed by atoms with Crippen molar-refractivity contribution in [2.24, 2.45) is 4.99 Å². The van der Waals surface area contributed by atoms with E-state index in [0.717, 1.165) is 63.9 Å². The molecule has 0 aliphatic carbocycles. The third-order valence-corrected chi connectivity index (χ3v) is 4.85. The van der Waals surface area contributed by atoms with Gasteiger partial charge in [-0.15, -0.1) is 0 Å². The van der Waals surface area contributed by atoms with Crippen LogP contribution >= 0.6 is 0 Å². The van der Waals surface area contributed by atoms with Crippen molar-refractivity contribution in [1.82, 2.24) is 15.5 Å². The maximum atomic E-state index is 5.45. The monoisotopic (exact) mass is 362 g/mol. The van der Waals surface area contributed by atoms with Gasteiger partial charge in [0.2, 0.25) is 0 Å². The van der Waals surface area contributed by atoms with E-state index in [-0.39, 0.29) is 5.54 Å². The van der Waals surface area contributed by atoms with Crippen molar-refractivity contribution in [3.05, 3.63) is 29.8 Å². The zero-order valence-corrected chi connectivity index (χ0v) is 16.7. The van der Waals surface area contributed by atoms with E-state index in [1.165, 1.54) is 5.56 Å². The summed E-state index contributed by atoms with van der Waals surface area (Å²) in [6.45, 7) is 9.88. The Morgan fingerprint density at radius 2 is 2.04 bits per heavy atom. The second kappa shape index (κ2) is 10.4. The number of methoxy groups -OCH3 is 1. The predicted octanol–water partition coefficient (Wildman–Crippen LogP) is 1.90. The first-order chi connectivity index (χ1) is 12.5. The molecule has 1 aromatic carbocycles. The van der Waals surface area contributed by atoms with Crippen LogP contribution in [0.2, 0.25) is 0 Å². The van der Waals surface area contributed by atoms with Gasteiger partial charge in [0, 0.05) is 38.8 Å². The smallest absolute Gasteiger partial charge is 0.191 e. The van der Waals surface area contributed by atoms with Gasteiger partial charge in [-0.3, -0.25) is 9.89 Å². The average Bonchev–Trinajstić information content (AvgIpc) is 2.68. The number of hydrogen-bond donors (Lipinski definition) is 2. The molecule has 0 aromatic heterocycles. The second-order valence-electron chi connectivity index (χ2n) is 7.22. The molecule has 2 rings (SSSR count). The largest absolute Gasteiger partial charge is 0.497 e. The SMILES string of the molecule is CN=C(NCCCc1cccc(OC)c1)NCC(C)(C)N1CCOCC1. The summed E-state index contributed by atoms with van der Waals surface area (Å²) >= 11 is 0. The van der Waals surface area contributed by atoms with Crippen LogP contribution in [-0.4, -0.2) is 69.9 Å². The van der Waals surface area contributed by atoms with Gasteiger partial charge in [-0.25, -0.2) is 0 Å². The van der Waals surface area contributed by atoms with E-state index >= 15 is 0 Å². The van der Waals surface area contributed by atoms with E-state index in [0.29, 0.717) is 0 Å². The molecule has 0 amide bonds. The number of rotatable bonds is 8. The Morgan fingerprint density at radius 1 is 1.27 bits per heavy atom. The molecule has 1 aromatic rings. The molecule has 6 heteroatoms. The molecule has 1 fully saturated rings. The lowest BCUT2D eigenvalue weighted by Crippen LogP contribution is -2.56. The first-order valence-corrected chi connectivity index (χ1v) is 9.45. The van der Waals surface area contributed by atoms with E-state index in [4.69, 9.17) is 9.47 Å². The summed E-state index contributed by atoms with van der Waals surface area (Å²) in [4.78, 5) is 6.81. The van der Waals surface area contributed by atoms with E-state index in [1.807, 2.05) is 19.2 Å². The minimum Gasteiger partial charge on any atom is -0.497 e. The van der Waals surface area contributed by atoms with Crippen molar-refractivity contribution < 1.29 is 9.47 Å². The van der Waals surface area contributed by atoms with Gasteiger partial charge in [-0.1, -0.05) is 12.1 Å². The summed E-state index contributed by atoms with van der Waals surface area (Å²) in [5.41, 5.74) is 1.37. The number of ether oxygens (including phenoxy) is 2. The van der Waals surface area contributed by atoms with E-state index in [2.05, 4.69) is 46.5 Å². The van der Waals surface area contributed by atoms with Crippen molar-refractivity contribution in [3.8, 4) is 5.75 Å². The Bertz CT molecular complexity index is 569. The molecule has 0 atom stereocenters. The van der Waals surface area contributed by atoms with Gasteiger partial charge in [-0.2, -0.15) is 0 Å². The van der Waals surface area contributed by atoms with Crippen molar-refractivity contribution in [2.75, 3.05) is 53.6 Å². The van der Waals surface area contributed by atoms with Crippen LogP contribution in [-0.2, 0) is 11.2 Å². The molecule has 0 spiro atoms. The molecule has 6 nitrogen and oxygen atoms in total. The molecular weight excluding hydrogens is 328 g/mol. The summed E-state index contributed by atoms with van der Waals surface area (Å²) in [5, 5.41) is 6.87. The third kappa shape index (κ3) is 6.50. The Morgan fingerprint density at radius 3 is 2.73 bits per heavy atom. The quantitative estimate of drug-likeness (QED) is 0.420. The summed E-state index contributed by atoms with van der Waals surface area (Å²) in [6.07, 6.45) is 2.06. The molecule has 26 heavy (non-hydrogen) atoms. The molecule has 1 aliphatic heterocycles. The van der Waals surface area contributed by atoms with E-state index < -0.39 is 0 Å². The Kier molecular flexibility index (Phi) is 8.19. The Hall–Kier alpha value is -1.79. The maximum Gasteiger partial charge on any atom is 0.191 e. The molecule has 0 radical (unpaired) electrons. The maximum absolute atomic E-state index is 5.45.